The normalized spacial score (nSPS) is 11.5. The minimum Gasteiger partial charge on any atom is -0.493 e. The molecule has 0 unspecified atom stereocenters. The molecule has 0 spiro atoms. The van der Waals surface area contributed by atoms with Crippen molar-refractivity contribution in [3.8, 4) is 23.1 Å². The molecule has 0 bridgehead atoms. The number of hydrogen-bond donors (Lipinski definition) is 0. The highest BCUT2D eigenvalue weighted by Gasteiger charge is 2.17. The molecule has 40 heavy (non-hydrogen) atoms. The number of aryl methyl sites for hydroxylation is 1. The Morgan fingerprint density at radius 3 is 2.65 bits per heavy atom. The number of furan rings is 1. The fourth-order valence-corrected chi connectivity index (χ4v) is 4.79. The number of para-hydroxylation sites is 2. The summed E-state index contributed by atoms with van der Waals surface area (Å²) < 4.78 is 18.9. The van der Waals surface area contributed by atoms with Crippen LogP contribution in [0.5, 0.6) is 11.5 Å². The van der Waals surface area contributed by atoms with E-state index in [0.717, 1.165) is 16.5 Å². The minimum atomic E-state index is -0.325. The number of benzene rings is 4. The summed E-state index contributed by atoms with van der Waals surface area (Å²) in [5.74, 6) is 1.59. The maximum absolute atomic E-state index is 13.5. The number of halogens is 1. The highest BCUT2D eigenvalue weighted by molar-refractivity contribution is 6.32. The van der Waals surface area contributed by atoms with Gasteiger partial charge in [-0.05, 0) is 54.4 Å². The molecule has 0 aliphatic heterocycles. The van der Waals surface area contributed by atoms with Crippen LogP contribution in [0.3, 0.4) is 0 Å². The van der Waals surface area contributed by atoms with Crippen LogP contribution in [0.1, 0.15) is 16.7 Å². The maximum atomic E-state index is 13.5. The van der Waals surface area contributed by atoms with Crippen LogP contribution in [0, 0.1) is 6.92 Å². The number of methoxy groups -OCH3 is 1. The Labute approximate surface area is 234 Å². The van der Waals surface area contributed by atoms with E-state index in [4.69, 9.17) is 30.5 Å². The van der Waals surface area contributed by atoms with E-state index in [9.17, 15) is 4.79 Å². The first-order valence-electron chi connectivity index (χ1n) is 12.6. The van der Waals surface area contributed by atoms with Crippen molar-refractivity contribution >= 4 is 39.7 Å². The van der Waals surface area contributed by atoms with Crippen LogP contribution in [-0.2, 0) is 6.61 Å². The lowest BCUT2D eigenvalue weighted by atomic mass is 10.1. The predicted molar refractivity (Wildman–Crippen MR) is 158 cm³/mol. The van der Waals surface area contributed by atoms with E-state index in [1.54, 1.807) is 37.4 Å². The molecule has 6 aromatic rings. The first kappa shape index (κ1) is 25.4. The largest absolute Gasteiger partial charge is 0.493 e. The molecule has 8 heteroatoms. The summed E-state index contributed by atoms with van der Waals surface area (Å²) in [6, 6.07) is 28.1. The van der Waals surface area contributed by atoms with E-state index in [0.29, 0.717) is 50.9 Å². The van der Waals surface area contributed by atoms with Gasteiger partial charge in [0.05, 0.1) is 29.2 Å². The number of ether oxygens (including phenoxy) is 2. The fourth-order valence-electron chi connectivity index (χ4n) is 4.52. The summed E-state index contributed by atoms with van der Waals surface area (Å²) in [5.41, 5.74) is 3.69. The summed E-state index contributed by atoms with van der Waals surface area (Å²) in [7, 11) is 1.55. The Bertz CT molecular complexity index is 1930. The zero-order valence-corrected chi connectivity index (χ0v) is 22.6. The van der Waals surface area contributed by atoms with E-state index >= 15 is 0 Å². The second-order valence-corrected chi connectivity index (χ2v) is 9.68. The molecule has 0 aliphatic carbocycles. The quantitative estimate of drug-likeness (QED) is 0.196. The minimum absolute atomic E-state index is 0.285. The Morgan fingerprint density at radius 1 is 1.00 bits per heavy atom. The molecule has 0 aliphatic rings. The summed E-state index contributed by atoms with van der Waals surface area (Å²) in [6.07, 6.45) is 1.53. The van der Waals surface area contributed by atoms with Gasteiger partial charge in [-0.2, -0.15) is 9.78 Å². The van der Waals surface area contributed by atoms with E-state index in [1.807, 2.05) is 61.5 Å². The molecule has 0 amide bonds. The fraction of sp³-hybridized carbons (Fsp3) is 0.0938. The summed E-state index contributed by atoms with van der Waals surface area (Å²) in [5, 5.41) is 6.22. The molecule has 0 saturated carbocycles. The van der Waals surface area contributed by atoms with Crippen molar-refractivity contribution in [2.75, 3.05) is 7.11 Å². The van der Waals surface area contributed by atoms with Gasteiger partial charge >= 0.3 is 0 Å². The van der Waals surface area contributed by atoms with Crippen molar-refractivity contribution in [1.82, 2.24) is 9.66 Å². The number of fused-ring (bicyclic) bond motifs is 2. The molecule has 2 heterocycles. The number of rotatable bonds is 7. The van der Waals surface area contributed by atoms with Crippen molar-refractivity contribution in [1.29, 1.82) is 0 Å². The van der Waals surface area contributed by atoms with E-state index < -0.39 is 0 Å². The van der Waals surface area contributed by atoms with Gasteiger partial charge < -0.3 is 13.9 Å². The molecular weight excluding hydrogens is 526 g/mol. The Kier molecular flexibility index (Phi) is 6.80. The van der Waals surface area contributed by atoms with Gasteiger partial charge in [0.1, 0.15) is 12.2 Å². The molecule has 0 radical (unpaired) electrons. The molecule has 0 atom stereocenters. The molecule has 0 saturated heterocycles. The molecular formula is C32H24ClN3O4. The third kappa shape index (κ3) is 4.95. The molecule has 198 valence electrons. The van der Waals surface area contributed by atoms with Gasteiger partial charge in [0.2, 0.25) is 5.82 Å². The Morgan fingerprint density at radius 2 is 1.82 bits per heavy atom. The SMILES string of the molecule is COc1cc(C=Nn2c(-c3cc4ccccc4o3)nc3ccccc3c2=O)cc(Cl)c1OCc1cccc(C)c1. The Balaban J connectivity index is 1.39. The summed E-state index contributed by atoms with van der Waals surface area (Å²) in [6.45, 7) is 2.37. The number of hydrogen-bond acceptors (Lipinski definition) is 6. The average Bonchev–Trinajstić information content (AvgIpc) is 3.40. The highest BCUT2D eigenvalue weighted by atomic mass is 35.5. The molecule has 6 rings (SSSR count). The number of nitrogens with zero attached hydrogens (tertiary/aromatic N) is 3. The molecule has 0 N–H and O–H groups in total. The van der Waals surface area contributed by atoms with Crippen LogP contribution in [0.25, 0.3) is 33.5 Å². The number of aromatic nitrogens is 2. The average molecular weight is 550 g/mol. The topological polar surface area (TPSA) is 78.9 Å². The zero-order valence-electron chi connectivity index (χ0n) is 21.8. The van der Waals surface area contributed by atoms with Crippen molar-refractivity contribution < 1.29 is 13.9 Å². The van der Waals surface area contributed by atoms with E-state index in [2.05, 4.69) is 11.2 Å². The third-order valence-corrected chi connectivity index (χ3v) is 6.72. The predicted octanol–water partition coefficient (Wildman–Crippen LogP) is 7.24. The summed E-state index contributed by atoms with van der Waals surface area (Å²) >= 11 is 6.61. The zero-order chi connectivity index (χ0) is 27.6. The highest BCUT2D eigenvalue weighted by Crippen LogP contribution is 2.37. The standard InChI is InChI=1S/C32H24ClN3O4/c1-20-8-7-9-21(14-20)19-39-30-25(33)15-22(16-28(30)38-2)18-34-36-31(29-17-23-10-3-6-13-27(23)40-29)35-26-12-5-4-11-24(26)32(36)37/h3-18H,19H2,1-2H3. The second kappa shape index (κ2) is 10.7. The van der Waals surface area contributed by atoms with E-state index in [1.165, 1.54) is 10.9 Å². The van der Waals surface area contributed by atoms with Gasteiger partial charge in [0.15, 0.2) is 17.3 Å². The van der Waals surface area contributed by atoms with Gasteiger partial charge in [-0.3, -0.25) is 4.79 Å². The smallest absolute Gasteiger partial charge is 0.282 e. The van der Waals surface area contributed by atoms with Gasteiger partial charge in [0.25, 0.3) is 5.56 Å². The van der Waals surface area contributed by atoms with Crippen molar-refractivity contribution in [2.45, 2.75) is 13.5 Å². The molecule has 7 nitrogen and oxygen atoms in total. The van der Waals surface area contributed by atoms with Crippen LogP contribution >= 0.6 is 11.6 Å². The van der Waals surface area contributed by atoms with Crippen LogP contribution in [0.2, 0.25) is 5.02 Å². The maximum Gasteiger partial charge on any atom is 0.282 e. The lowest BCUT2D eigenvalue weighted by Crippen LogP contribution is -2.20. The lowest BCUT2D eigenvalue weighted by molar-refractivity contribution is 0.284. The third-order valence-electron chi connectivity index (χ3n) is 6.44. The van der Waals surface area contributed by atoms with Gasteiger partial charge in [-0.1, -0.05) is 71.8 Å². The molecule has 0 fully saturated rings. The van der Waals surface area contributed by atoms with Gasteiger partial charge in [-0.15, -0.1) is 0 Å². The van der Waals surface area contributed by atoms with Crippen molar-refractivity contribution in [2.24, 2.45) is 5.10 Å². The van der Waals surface area contributed by atoms with Crippen molar-refractivity contribution in [3.05, 3.63) is 123 Å². The van der Waals surface area contributed by atoms with E-state index in [-0.39, 0.29) is 11.4 Å². The first-order valence-corrected chi connectivity index (χ1v) is 13.0. The van der Waals surface area contributed by atoms with Crippen molar-refractivity contribution in [3.63, 3.8) is 0 Å². The molecule has 2 aromatic heterocycles. The van der Waals surface area contributed by atoms with Crippen LogP contribution in [0.4, 0.5) is 0 Å². The van der Waals surface area contributed by atoms with Crippen LogP contribution in [-0.4, -0.2) is 23.0 Å². The first-order chi connectivity index (χ1) is 19.5. The van der Waals surface area contributed by atoms with Gasteiger partial charge in [0, 0.05) is 5.39 Å². The lowest BCUT2D eigenvalue weighted by Gasteiger charge is -2.13. The Hall–Kier alpha value is -4.88. The molecule has 4 aromatic carbocycles. The van der Waals surface area contributed by atoms with Crippen LogP contribution < -0.4 is 15.0 Å². The monoisotopic (exact) mass is 549 g/mol. The second-order valence-electron chi connectivity index (χ2n) is 9.27. The summed E-state index contributed by atoms with van der Waals surface area (Å²) in [4.78, 5) is 18.3. The van der Waals surface area contributed by atoms with Gasteiger partial charge in [-0.25, -0.2) is 4.98 Å². The van der Waals surface area contributed by atoms with Crippen LogP contribution in [0.15, 0.2) is 105 Å².